The zero-order chi connectivity index (χ0) is 22.2. The van der Waals surface area contributed by atoms with Gasteiger partial charge in [-0.25, -0.2) is 0 Å². The van der Waals surface area contributed by atoms with E-state index in [9.17, 15) is 14.4 Å². The maximum absolute atomic E-state index is 12.9. The zero-order valence-corrected chi connectivity index (χ0v) is 17.9. The van der Waals surface area contributed by atoms with Gasteiger partial charge in [-0.15, -0.1) is 0 Å². The summed E-state index contributed by atoms with van der Waals surface area (Å²) in [5, 5.41) is 6.29. The van der Waals surface area contributed by atoms with Crippen molar-refractivity contribution < 1.29 is 14.4 Å². The van der Waals surface area contributed by atoms with Gasteiger partial charge in [0, 0.05) is 17.5 Å². The molecule has 1 aliphatic heterocycles. The Balaban J connectivity index is 1.57. The number of anilines is 1. The Morgan fingerprint density at radius 3 is 2.52 bits per heavy atom. The highest BCUT2D eigenvalue weighted by Gasteiger charge is 2.42. The summed E-state index contributed by atoms with van der Waals surface area (Å²) >= 11 is 0. The lowest BCUT2D eigenvalue weighted by atomic mass is 9.72. The van der Waals surface area contributed by atoms with Gasteiger partial charge in [-0.2, -0.15) is 0 Å². The molecule has 3 amide bonds. The van der Waals surface area contributed by atoms with Gasteiger partial charge in [-0.3, -0.25) is 24.7 Å². The highest BCUT2D eigenvalue weighted by molar-refractivity contribution is 6.07. The largest absolute Gasteiger partial charge is 0.322 e. The summed E-state index contributed by atoms with van der Waals surface area (Å²) in [6.07, 6.45) is 1.41. The van der Waals surface area contributed by atoms with Gasteiger partial charge in [0.15, 0.2) is 0 Å². The molecule has 2 heterocycles. The molecule has 3 aromatic rings. The molecule has 1 fully saturated rings. The molecular formula is C25H25N3O3. The number of aryl methyl sites for hydroxylation is 2. The molecule has 4 rings (SSSR count). The van der Waals surface area contributed by atoms with E-state index >= 15 is 0 Å². The van der Waals surface area contributed by atoms with Crippen molar-refractivity contribution in [1.29, 1.82) is 0 Å². The predicted octanol–water partition coefficient (Wildman–Crippen LogP) is 4.19. The Bertz CT molecular complexity index is 1200. The molecule has 0 bridgehead atoms. The second kappa shape index (κ2) is 7.95. The number of nitrogens with one attached hydrogen (secondary N) is 2. The smallest absolute Gasteiger partial charge is 0.257 e. The van der Waals surface area contributed by atoms with E-state index in [1.165, 1.54) is 0 Å². The number of carbonyl (C=O) groups is 3. The maximum atomic E-state index is 12.9. The fraction of sp³-hybridized carbons (Fsp3) is 0.280. The van der Waals surface area contributed by atoms with Crippen LogP contribution in [0.3, 0.4) is 0 Å². The molecule has 1 aromatic heterocycles. The van der Waals surface area contributed by atoms with E-state index in [2.05, 4.69) is 15.6 Å². The van der Waals surface area contributed by atoms with Crippen LogP contribution in [0.15, 0.2) is 48.5 Å². The number of rotatable bonds is 4. The van der Waals surface area contributed by atoms with E-state index in [1.54, 1.807) is 12.1 Å². The molecule has 0 radical (unpaired) electrons. The van der Waals surface area contributed by atoms with Crippen LogP contribution in [0.25, 0.3) is 10.9 Å². The third kappa shape index (κ3) is 3.81. The molecule has 1 atom stereocenters. The van der Waals surface area contributed by atoms with Crippen LogP contribution in [0.1, 0.15) is 53.4 Å². The van der Waals surface area contributed by atoms with E-state index < -0.39 is 5.41 Å². The number of nitrogens with zero attached hydrogens (tertiary/aromatic N) is 1. The van der Waals surface area contributed by atoms with Crippen molar-refractivity contribution in [3.05, 3.63) is 70.9 Å². The molecule has 0 saturated carbocycles. The first-order valence-electron chi connectivity index (χ1n) is 10.5. The summed E-state index contributed by atoms with van der Waals surface area (Å²) in [5.74, 6) is -0.713. The van der Waals surface area contributed by atoms with E-state index in [4.69, 9.17) is 0 Å². The molecule has 1 unspecified atom stereocenters. The molecule has 6 nitrogen and oxygen atoms in total. The number of carbonyl (C=O) groups excluding carboxylic acids is 3. The van der Waals surface area contributed by atoms with Crippen molar-refractivity contribution in [1.82, 2.24) is 10.3 Å². The number of amides is 3. The Kier molecular flexibility index (Phi) is 5.31. The van der Waals surface area contributed by atoms with E-state index in [0.717, 1.165) is 22.0 Å². The summed E-state index contributed by atoms with van der Waals surface area (Å²) in [6, 6.07) is 15.1. The van der Waals surface area contributed by atoms with Crippen LogP contribution in [0.5, 0.6) is 0 Å². The summed E-state index contributed by atoms with van der Waals surface area (Å²) in [5.41, 5.74) is 3.95. The van der Waals surface area contributed by atoms with Crippen LogP contribution in [0.2, 0.25) is 0 Å². The van der Waals surface area contributed by atoms with Gasteiger partial charge in [0.05, 0.1) is 22.2 Å². The average molecular weight is 415 g/mol. The summed E-state index contributed by atoms with van der Waals surface area (Å²) in [6.45, 7) is 5.79. The van der Waals surface area contributed by atoms with Gasteiger partial charge in [0.2, 0.25) is 11.8 Å². The van der Waals surface area contributed by atoms with E-state index in [1.807, 2.05) is 57.2 Å². The predicted molar refractivity (Wildman–Crippen MR) is 120 cm³/mol. The van der Waals surface area contributed by atoms with Crippen molar-refractivity contribution in [2.24, 2.45) is 0 Å². The van der Waals surface area contributed by atoms with E-state index in [0.29, 0.717) is 36.2 Å². The minimum absolute atomic E-state index is 0.229. The van der Waals surface area contributed by atoms with Crippen molar-refractivity contribution >= 4 is 34.3 Å². The first-order chi connectivity index (χ1) is 14.8. The Morgan fingerprint density at radius 2 is 1.84 bits per heavy atom. The number of hydrogen-bond donors (Lipinski definition) is 2. The quantitative estimate of drug-likeness (QED) is 0.626. The minimum Gasteiger partial charge on any atom is -0.322 e. The number of benzene rings is 2. The fourth-order valence-corrected chi connectivity index (χ4v) is 4.24. The summed E-state index contributed by atoms with van der Waals surface area (Å²) in [7, 11) is 0. The molecule has 158 valence electrons. The monoisotopic (exact) mass is 415 g/mol. The molecule has 1 saturated heterocycles. The SMILES string of the molecule is CCC1(c2ccc(NC(=O)c3cc4ccc(C)cc4nc3C)cc2)CCC(=O)NC1=O. The highest BCUT2D eigenvalue weighted by atomic mass is 16.2. The number of fused-ring (bicyclic) bond motifs is 1. The lowest BCUT2D eigenvalue weighted by Gasteiger charge is -2.35. The van der Waals surface area contributed by atoms with E-state index in [-0.39, 0.29) is 17.7 Å². The van der Waals surface area contributed by atoms with Gasteiger partial charge < -0.3 is 5.32 Å². The van der Waals surface area contributed by atoms with Gasteiger partial charge in [-0.1, -0.05) is 31.2 Å². The number of pyridine rings is 1. The molecular weight excluding hydrogens is 390 g/mol. The third-order valence-electron chi connectivity index (χ3n) is 6.17. The molecule has 2 N–H and O–H groups in total. The van der Waals surface area contributed by atoms with Crippen molar-refractivity contribution in [3.63, 3.8) is 0 Å². The first kappa shape index (κ1) is 20.7. The normalized spacial score (nSPS) is 18.7. The topological polar surface area (TPSA) is 88.2 Å². The van der Waals surface area contributed by atoms with Crippen LogP contribution in [-0.4, -0.2) is 22.7 Å². The Hall–Kier alpha value is -3.54. The molecule has 2 aromatic carbocycles. The van der Waals surface area contributed by atoms with Gasteiger partial charge in [-0.05, 0) is 62.1 Å². The number of imide groups is 1. The van der Waals surface area contributed by atoms with Gasteiger partial charge >= 0.3 is 0 Å². The lowest BCUT2D eigenvalue weighted by Crippen LogP contribution is -2.51. The molecule has 6 heteroatoms. The van der Waals surface area contributed by atoms with Crippen LogP contribution in [-0.2, 0) is 15.0 Å². The van der Waals surface area contributed by atoms with Gasteiger partial charge in [0.1, 0.15) is 0 Å². The highest BCUT2D eigenvalue weighted by Crippen LogP contribution is 2.36. The first-order valence-corrected chi connectivity index (χ1v) is 10.5. The van der Waals surface area contributed by atoms with Crippen molar-refractivity contribution in [2.45, 2.75) is 45.4 Å². The second-order valence-corrected chi connectivity index (χ2v) is 8.16. The average Bonchev–Trinajstić information content (AvgIpc) is 2.74. The van der Waals surface area contributed by atoms with Crippen molar-refractivity contribution in [3.8, 4) is 0 Å². The van der Waals surface area contributed by atoms with Crippen LogP contribution < -0.4 is 10.6 Å². The standard InChI is InChI=1S/C25H25N3O3/c1-4-25(12-11-22(29)28-24(25)31)18-7-9-19(10-8-18)27-23(30)20-14-17-6-5-15(2)13-21(17)26-16(20)3/h5-10,13-14H,4,11-12H2,1-3H3,(H,27,30)(H,28,29,31). The summed E-state index contributed by atoms with van der Waals surface area (Å²) < 4.78 is 0. The molecule has 0 spiro atoms. The number of hydrogen-bond acceptors (Lipinski definition) is 4. The summed E-state index contributed by atoms with van der Waals surface area (Å²) in [4.78, 5) is 41.6. The van der Waals surface area contributed by atoms with Crippen LogP contribution >= 0.6 is 0 Å². The minimum atomic E-state index is -0.715. The van der Waals surface area contributed by atoms with Crippen molar-refractivity contribution in [2.75, 3.05) is 5.32 Å². The van der Waals surface area contributed by atoms with Crippen LogP contribution in [0.4, 0.5) is 5.69 Å². The molecule has 31 heavy (non-hydrogen) atoms. The zero-order valence-electron chi connectivity index (χ0n) is 17.9. The lowest BCUT2D eigenvalue weighted by molar-refractivity contribution is -0.138. The molecule has 0 aliphatic carbocycles. The number of piperidine rings is 1. The molecule has 1 aliphatic rings. The van der Waals surface area contributed by atoms with Crippen LogP contribution in [0, 0.1) is 13.8 Å². The Labute approximate surface area is 181 Å². The fourth-order valence-electron chi connectivity index (χ4n) is 4.24. The number of aromatic nitrogens is 1. The Morgan fingerprint density at radius 1 is 1.10 bits per heavy atom. The maximum Gasteiger partial charge on any atom is 0.257 e. The van der Waals surface area contributed by atoms with Gasteiger partial charge in [0.25, 0.3) is 5.91 Å². The second-order valence-electron chi connectivity index (χ2n) is 8.16. The third-order valence-corrected chi connectivity index (χ3v) is 6.17.